The second-order valence-electron chi connectivity index (χ2n) is 11.6. The molecule has 1 aliphatic rings. The second-order valence-corrected chi connectivity index (χ2v) is 17.3. The first-order chi connectivity index (χ1) is 15.7. The Morgan fingerprint density at radius 2 is 2.03 bits per heavy atom. The zero-order valence-electron chi connectivity index (χ0n) is 21.2. The van der Waals surface area contributed by atoms with Gasteiger partial charge in [0.2, 0.25) is 5.91 Å². The molecule has 0 bridgehead atoms. The molecule has 1 aromatic heterocycles. The van der Waals surface area contributed by atoms with Gasteiger partial charge in [-0.2, -0.15) is 5.10 Å². The van der Waals surface area contributed by atoms with Crippen LogP contribution in [0, 0.1) is 5.41 Å². The molecule has 0 saturated carbocycles. The second kappa shape index (κ2) is 9.57. The summed E-state index contributed by atoms with van der Waals surface area (Å²) in [5.41, 5.74) is 6.21. The van der Waals surface area contributed by atoms with Crippen LogP contribution in [0.15, 0.2) is 24.4 Å². The van der Waals surface area contributed by atoms with Crippen molar-refractivity contribution in [1.29, 1.82) is 0 Å². The lowest BCUT2D eigenvalue weighted by Crippen LogP contribution is -2.63. The van der Waals surface area contributed by atoms with E-state index in [-0.39, 0.29) is 18.0 Å². The molecule has 0 radical (unpaired) electrons. The summed E-state index contributed by atoms with van der Waals surface area (Å²) in [5.74, 6) is -0.474. The maximum absolute atomic E-state index is 12.7. The molecule has 0 spiro atoms. The Morgan fingerprint density at radius 1 is 1.32 bits per heavy atom. The Hall–Kier alpha value is -2.59. The quantitative estimate of drug-likeness (QED) is 0.378. The minimum absolute atomic E-state index is 0.238. The number of fused-ring (bicyclic) bond motifs is 1. The lowest BCUT2D eigenvalue weighted by molar-refractivity contribution is -0.125. The van der Waals surface area contributed by atoms with Crippen molar-refractivity contribution in [2.24, 2.45) is 11.1 Å². The number of anilines is 1. The van der Waals surface area contributed by atoms with E-state index in [4.69, 9.17) is 10.5 Å². The van der Waals surface area contributed by atoms with Gasteiger partial charge >= 0.3 is 6.09 Å². The molecular weight excluding hydrogens is 450 g/mol. The molecule has 0 aliphatic carbocycles. The highest BCUT2D eigenvalue weighted by Crippen LogP contribution is 2.38. The van der Waals surface area contributed by atoms with Gasteiger partial charge in [0.05, 0.1) is 11.7 Å². The SMILES string of the molecule is CC(C)(C)C1CC(Nc2ccc3c(cnn3COCC[Si](C)(C)C)c2)(C(N)=O)CCN1C(=O)O. The number of ether oxygens (including phenoxy) is 1. The summed E-state index contributed by atoms with van der Waals surface area (Å²) in [6.07, 6.45) is 1.42. The van der Waals surface area contributed by atoms with E-state index in [0.29, 0.717) is 19.6 Å². The van der Waals surface area contributed by atoms with Gasteiger partial charge in [0.1, 0.15) is 12.3 Å². The van der Waals surface area contributed by atoms with Crippen LogP contribution >= 0.6 is 0 Å². The molecule has 2 aromatic rings. The topological polar surface area (TPSA) is 123 Å². The molecule has 34 heavy (non-hydrogen) atoms. The highest BCUT2D eigenvalue weighted by Gasteiger charge is 2.49. The molecule has 2 amide bonds. The van der Waals surface area contributed by atoms with E-state index < -0.39 is 25.6 Å². The fourth-order valence-corrected chi connectivity index (χ4v) is 5.24. The van der Waals surface area contributed by atoms with E-state index in [0.717, 1.165) is 29.2 Å². The summed E-state index contributed by atoms with van der Waals surface area (Å²) in [5, 5.41) is 18.4. The van der Waals surface area contributed by atoms with E-state index in [1.54, 1.807) is 6.20 Å². The molecule has 9 nitrogen and oxygen atoms in total. The van der Waals surface area contributed by atoms with Crippen molar-refractivity contribution in [2.75, 3.05) is 18.5 Å². The van der Waals surface area contributed by atoms with Gasteiger partial charge in [-0.3, -0.25) is 4.79 Å². The number of aromatic nitrogens is 2. The molecule has 1 aliphatic heterocycles. The number of nitrogens with two attached hydrogens (primary N) is 1. The zero-order chi connectivity index (χ0) is 25.3. The predicted molar refractivity (Wildman–Crippen MR) is 137 cm³/mol. The smallest absolute Gasteiger partial charge is 0.407 e. The predicted octanol–water partition coefficient (Wildman–Crippen LogP) is 4.17. The van der Waals surface area contributed by atoms with Crippen LogP contribution in [0.3, 0.4) is 0 Å². The molecule has 4 N–H and O–H groups in total. The van der Waals surface area contributed by atoms with E-state index in [1.165, 1.54) is 4.90 Å². The van der Waals surface area contributed by atoms with Crippen molar-refractivity contribution < 1.29 is 19.4 Å². The molecule has 3 rings (SSSR count). The lowest BCUT2D eigenvalue weighted by atomic mass is 9.73. The normalized spacial score (nSPS) is 21.6. The number of nitrogens with zero attached hydrogens (tertiary/aromatic N) is 3. The summed E-state index contributed by atoms with van der Waals surface area (Å²) >= 11 is 0. The van der Waals surface area contributed by atoms with Crippen molar-refractivity contribution in [2.45, 2.75) is 77.6 Å². The van der Waals surface area contributed by atoms with Crippen LogP contribution in [-0.4, -0.2) is 64.6 Å². The summed E-state index contributed by atoms with van der Waals surface area (Å²) in [6, 6.07) is 6.56. The Kier molecular flexibility index (Phi) is 7.33. The highest BCUT2D eigenvalue weighted by molar-refractivity contribution is 6.76. The van der Waals surface area contributed by atoms with Gasteiger partial charge in [0.25, 0.3) is 0 Å². The average Bonchev–Trinajstić information content (AvgIpc) is 3.11. The summed E-state index contributed by atoms with van der Waals surface area (Å²) in [4.78, 5) is 25.9. The number of hydrogen-bond donors (Lipinski definition) is 3. The van der Waals surface area contributed by atoms with Gasteiger partial charge in [0, 0.05) is 44.8 Å². The third-order valence-electron chi connectivity index (χ3n) is 6.65. The monoisotopic (exact) mass is 489 g/mol. The van der Waals surface area contributed by atoms with Gasteiger partial charge in [-0.05, 0) is 36.1 Å². The van der Waals surface area contributed by atoms with E-state index in [1.807, 2.05) is 43.7 Å². The summed E-state index contributed by atoms with van der Waals surface area (Å²) in [7, 11) is -1.14. The number of likely N-dealkylation sites (tertiary alicyclic amines) is 1. The summed E-state index contributed by atoms with van der Waals surface area (Å²) < 4.78 is 7.67. The molecule has 188 valence electrons. The number of carbonyl (C=O) groups is 2. The Bertz CT molecular complexity index is 1040. The average molecular weight is 490 g/mol. The Morgan fingerprint density at radius 3 is 2.62 bits per heavy atom. The van der Waals surface area contributed by atoms with Crippen LogP contribution in [-0.2, 0) is 16.3 Å². The molecule has 2 unspecified atom stereocenters. The Balaban J connectivity index is 1.78. The van der Waals surface area contributed by atoms with Gasteiger partial charge in [0.15, 0.2) is 0 Å². The van der Waals surface area contributed by atoms with Crippen LogP contribution in [0.25, 0.3) is 10.9 Å². The zero-order valence-corrected chi connectivity index (χ0v) is 22.2. The minimum Gasteiger partial charge on any atom is -0.465 e. The molecule has 2 heterocycles. The molecule has 10 heteroatoms. The number of primary amides is 1. The number of amides is 2. The first-order valence-electron chi connectivity index (χ1n) is 11.8. The van der Waals surface area contributed by atoms with E-state index in [9.17, 15) is 14.7 Å². The molecule has 1 aromatic carbocycles. The maximum atomic E-state index is 12.7. The first-order valence-corrected chi connectivity index (χ1v) is 15.5. The standard InChI is InChI=1S/C24H39N5O4Si/c1-23(2,3)20-14-24(21(25)30,9-10-28(20)22(31)32)27-18-7-8-19-17(13-18)15-26-29(19)16-33-11-12-34(4,5)6/h7-8,13,15,20,27H,9-12,14,16H2,1-6H3,(H2,25,30)(H,31,32). The number of piperidine rings is 1. The number of rotatable bonds is 8. The van der Waals surface area contributed by atoms with Gasteiger partial charge in [-0.1, -0.05) is 40.4 Å². The fourth-order valence-electron chi connectivity index (χ4n) is 4.48. The first kappa shape index (κ1) is 26.0. The third kappa shape index (κ3) is 5.90. The molecular formula is C24H39N5O4Si. The van der Waals surface area contributed by atoms with Crippen molar-refractivity contribution in [3.8, 4) is 0 Å². The molecule has 2 atom stereocenters. The number of nitrogens with one attached hydrogen (secondary N) is 1. The lowest BCUT2D eigenvalue weighted by Gasteiger charge is -2.49. The highest BCUT2D eigenvalue weighted by atomic mass is 28.3. The van der Waals surface area contributed by atoms with Gasteiger partial charge in [-0.15, -0.1) is 0 Å². The largest absolute Gasteiger partial charge is 0.465 e. The Labute approximate surface area is 202 Å². The van der Waals surface area contributed by atoms with Crippen molar-refractivity contribution in [3.63, 3.8) is 0 Å². The van der Waals surface area contributed by atoms with E-state index in [2.05, 4.69) is 30.1 Å². The van der Waals surface area contributed by atoms with Crippen LogP contribution in [0.2, 0.25) is 25.7 Å². The number of benzene rings is 1. The van der Waals surface area contributed by atoms with Crippen LogP contribution in [0.5, 0.6) is 0 Å². The summed E-state index contributed by atoms with van der Waals surface area (Å²) in [6.45, 7) is 14.3. The van der Waals surface area contributed by atoms with Gasteiger partial charge < -0.3 is 25.8 Å². The third-order valence-corrected chi connectivity index (χ3v) is 8.35. The van der Waals surface area contributed by atoms with Crippen molar-refractivity contribution >= 4 is 36.7 Å². The molecule has 1 fully saturated rings. The van der Waals surface area contributed by atoms with E-state index >= 15 is 0 Å². The van der Waals surface area contributed by atoms with Crippen LogP contribution in [0.4, 0.5) is 10.5 Å². The maximum Gasteiger partial charge on any atom is 0.407 e. The number of carbonyl (C=O) groups excluding carboxylic acids is 1. The fraction of sp³-hybridized carbons (Fsp3) is 0.625. The van der Waals surface area contributed by atoms with Crippen LogP contribution < -0.4 is 11.1 Å². The molecule has 1 saturated heterocycles. The van der Waals surface area contributed by atoms with Gasteiger partial charge in [-0.25, -0.2) is 9.48 Å². The van der Waals surface area contributed by atoms with Crippen molar-refractivity contribution in [1.82, 2.24) is 14.7 Å². The van der Waals surface area contributed by atoms with Crippen molar-refractivity contribution in [3.05, 3.63) is 24.4 Å². The minimum atomic E-state index is -1.14. The van der Waals surface area contributed by atoms with Crippen LogP contribution in [0.1, 0.15) is 33.6 Å². The number of carboxylic acid groups (broad SMARTS) is 1. The number of hydrogen-bond acceptors (Lipinski definition) is 5.